The van der Waals surface area contributed by atoms with Gasteiger partial charge in [0.25, 0.3) is 0 Å². The first-order valence-electron chi connectivity index (χ1n) is 5.42. The molecule has 0 heterocycles. The third-order valence-electron chi connectivity index (χ3n) is 2.94. The van der Waals surface area contributed by atoms with E-state index < -0.39 is 17.4 Å². The van der Waals surface area contributed by atoms with E-state index in [1.54, 1.807) is 19.1 Å². The molecule has 0 aromatic heterocycles. The van der Waals surface area contributed by atoms with E-state index in [4.69, 9.17) is 0 Å². The molecule has 92 valence electrons. The van der Waals surface area contributed by atoms with Crippen molar-refractivity contribution in [3.05, 3.63) is 35.9 Å². The smallest absolute Gasteiger partial charge is 0.323 e. The molecule has 0 aliphatic heterocycles. The summed E-state index contributed by atoms with van der Waals surface area (Å²) in [6.45, 7) is 1.67. The Labute approximate surface area is 100 Å². The van der Waals surface area contributed by atoms with E-state index in [2.05, 4.69) is 4.74 Å². The molecular weight excluding hydrogens is 220 g/mol. The largest absolute Gasteiger partial charge is 0.480 e. The summed E-state index contributed by atoms with van der Waals surface area (Å²) in [4.78, 5) is 23.1. The highest BCUT2D eigenvalue weighted by atomic mass is 16.5. The van der Waals surface area contributed by atoms with E-state index in [1.165, 1.54) is 7.11 Å². The molecule has 4 nitrogen and oxygen atoms in total. The van der Waals surface area contributed by atoms with Crippen molar-refractivity contribution >= 4 is 11.9 Å². The van der Waals surface area contributed by atoms with Crippen LogP contribution in [0.5, 0.6) is 0 Å². The first kappa shape index (κ1) is 13.2. The second kappa shape index (κ2) is 5.48. The molecule has 0 saturated carbocycles. The van der Waals surface area contributed by atoms with E-state index in [-0.39, 0.29) is 12.8 Å². The maximum Gasteiger partial charge on any atom is 0.323 e. The third-order valence-corrected chi connectivity index (χ3v) is 2.94. The fourth-order valence-corrected chi connectivity index (χ4v) is 1.80. The van der Waals surface area contributed by atoms with Crippen LogP contribution in [0, 0.1) is 5.41 Å². The monoisotopic (exact) mass is 236 g/mol. The van der Waals surface area contributed by atoms with Gasteiger partial charge in [0.2, 0.25) is 0 Å². The molecule has 1 N–H and O–H groups in total. The van der Waals surface area contributed by atoms with Crippen LogP contribution >= 0.6 is 0 Å². The van der Waals surface area contributed by atoms with Gasteiger partial charge in [-0.1, -0.05) is 37.3 Å². The number of carboxylic acids is 1. The van der Waals surface area contributed by atoms with Crippen LogP contribution in [0.1, 0.15) is 18.9 Å². The zero-order valence-electron chi connectivity index (χ0n) is 9.97. The SMILES string of the molecule is CC[C@](Cc1ccccc1)(C(=O)O)C(=O)OC. The number of methoxy groups -OCH3 is 1. The van der Waals surface area contributed by atoms with Gasteiger partial charge in [0.05, 0.1) is 7.11 Å². The molecular formula is C13H16O4. The summed E-state index contributed by atoms with van der Waals surface area (Å²) in [5, 5.41) is 9.29. The van der Waals surface area contributed by atoms with Gasteiger partial charge in [-0.2, -0.15) is 0 Å². The fraction of sp³-hybridized carbons (Fsp3) is 0.385. The van der Waals surface area contributed by atoms with Gasteiger partial charge in [0.15, 0.2) is 5.41 Å². The van der Waals surface area contributed by atoms with Crippen LogP contribution in [0.2, 0.25) is 0 Å². The van der Waals surface area contributed by atoms with Gasteiger partial charge in [-0.05, 0) is 18.4 Å². The number of hydrogen-bond acceptors (Lipinski definition) is 3. The van der Waals surface area contributed by atoms with Gasteiger partial charge < -0.3 is 9.84 Å². The lowest BCUT2D eigenvalue weighted by atomic mass is 9.79. The fourth-order valence-electron chi connectivity index (χ4n) is 1.80. The second-order valence-electron chi connectivity index (χ2n) is 3.89. The number of aliphatic carboxylic acids is 1. The number of esters is 1. The number of hydrogen-bond donors (Lipinski definition) is 1. The summed E-state index contributed by atoms with van der Waals surface area (Å²) < 4.78 is 4.62. The highest BCUT2D eigenvalue weighted by molar-refractivity contribution is 5.99. The van der Waals surface area contributed by atoms with Gasteiger partial charge in [-0.3, -0.25) is 9.59 Å². The van der Waals surface area contributed by atoms with E-state index >= 15 is 0 Å². The minimum absolute atomic E-state index is 0.145. The van der Waals surface area contributed by atoms with Crippen molar-refractivity contribution < 1.29 is 19.4 Å². The van der Waals surface area contributed by atoms with Gasteiger partial charge in [-0.25, -0.2) is 0 Å². The van der Waals surface area contributed by atoms with E-state index in [0.29, 0.717) is 0 Å². The third kappa shape index (κ3) is 2.64. The zero-order valence-corrected chi connectivity index (χ0v) is 9.97. The summed E-state index contributed by atoms with van der Waals surface area (Å²) in [7, 11) is 1.21. The van der Waals surface area contributed by atoms with Crippen LogP contribution in [-0.2, 0) is 20.7 Å². The van der Waals surface area contributed by atoms with Crippen molar-refractivity contribution in [2.24, 2.45) is 5.41 Å². The minimum Gasteiger partial charge on any atom is -0.480 e. The Bertz CT molecular complexity index is 399. The van der Waals surface area contributed by atoms with E-state index in [0.717, 1.165) is 5.56 Å². The minimum atomic E-state index is -1.49. The van der Waals surface area contributed by atoms with E-state index in [9.17, 15) is 14.7 Å². The molecule has 0 radical (unpaired) electrons. The van der Waals surface area contributed by atoms with Crippen LogP contribution in [0.15, 0.2) is 30.3 Å². The Hall–Kier alpha value is -1.84. The van der Waals surface area contributed by atoms with E-state index in [1.807, 2.05) is 18.2 Å². The Morgan fingerprint density at radius 1 is 1.29 bits per heavy atom. The van der Waals surface area contributed by atoms with Crippen molar-refractivity contribution in [3.8, 4) is 0 Å². The van der Waals surface area contributed by atoms with Crippen LogP contribution in [0.25, 0.3) is 0 Å². The zero-order chi connectivity index (χ0) is 12.9. The Kier molecular flexibility index (Phi) is 4.26. The first-order valence-corrected chi connectivity index (χ1v) is 5.42. The van der Waals surface area contributed by atoms with Crippen molar-refractivity contribution in [1.29, 1.82) is 0 Å². The first-order chi connectivity index (χ1) is 8.06. The average Bonchev–Trinajstić information content (AvgIpc) is 2.36. The lowest BCUT2D eigenvalue weighted by Gasteiger charge is -2.25. The van der Waals surface area contributed by atoms with Crippen molar-refractivity contribution in [2.45, 2.75) is 19.8 Å². The second-order valence-corrected chi connectivity index (χ2v) is 3.89. The summed E-state index contributed by atoms with van der Waals surface area (Å²) in [6.07, 6.45) is 0.343. The number of benzene rings is 1. The Morgan fingerprint density at radius 2 is 1.88 bits per heavy atom. The molecule has 4 heteroatoms. The molecule has 0 saturated heterocycles. The maximum atomic E-state index is 11.7. The molecule has 0 spiro atoms. The number of rotatable bonds is 5. The van der Waals surface area contributed by atoms with Gasteiger partial charge in [0, 0.05) is 0 Å². The molecule has 1 atom stereocenters. The molecule has 0 aliphatic carbocycles. The summed E-state index contributed by atoms with van der Waals surface area (Å²) >= 11 is 0. The number of ether oxygens (including phenoxy) is 1. The standard InChI is InChI=1S/C13H16O4/c1-3-13(11(14)15,12(16)17-2)9-10-7-5-4-6-8-10/h4-8H,3,9H2,1-2H3,(H,14,15)/t13-/m0/s1. The van der Waals surface area contributed by atoms with Gasteiger partial charge >= 0.3 is 11.9 Å². The van der Waals surface area contributed by atoms with Crippen LogP contribution in [-0.4, -0.2) is 24.2 Å². The van der Waals surface area contributed by atoms with Gasteiger partial charge in [0.1, 0.15) is 0 Å². The highest BCUT2D eigenvalue weighted by Crippen LogP contribution is 2.29. The normalized spacial score (nSPS) is 13.8. The van der Waals surface area contributed by atoms with Crippen LogP contribution in [0.4, 0.5) is 0 Å². The number of carboxylic acid groups (broad SMARTS) is 1. The van der Waals surface area contributed by atoms with Crippen LogP contribution < -0.4 is 0 Å². The lowest BCUT2D eigenvalue weighted by Crippen LogP contribution is -2.41. The quantitative estimate of drug-likeness (QED) is 0.626. The molecule has 0 bridgehead atoms. The molecule has 0 aliphatic rings. The summed E-state index contributed by atoms with van der Waals surface area (Å²) in [5.74, 6) is -1.84. The summed E-state index contributed by atoms with van der Waals surface area (Å²) in [5.41, 5.74) is -0.682. The van der Waals surface area contributed by atoms with Crippen molar-refractivity contribution in [1.82, 2.24) is 0 Å². The highest BCUT2D eigenvalue weighted by Gasteiger charge is 2.45. The Morgan fingerprint density at radius 3 is 2.29 bits per heavy atom. The maximum absolute atomic E-state index is 11.7. The molecule has 1 aromatic rings. The van der Waals surface area contributed by atoms with Crippen molar-refractivity contribution in [2.75, 3.05) is 7.11 Å². The van der Waals surface area contributed by atoms with Crippen molar-refractivity contribution in [3.63, 3.8) is 0 Å². The molecule has 1 aromatic carbocycles. The molecule has 1 rings (SSSR count). The molecule has 0 amide bonds. The van der Waals surface area contributed by atoms with Crippen LogP contribution in [0.3, 0.4) is 0 Å². The Balaban J connectivity index is 3.07. The average molecular weight is 236 g/mol. The number of carbonyl (C=O) groups excluding carboxylic acids is 1. The molecule has 0 unspecified atom stereocenters. The molecule has 17 heavy (non-hydrogen) atoms. The number of carbonyl (C=O) groups is 2. The predicted octanol–water partition coefficient (Wildman–Crippen LogP) is 1.88. The van der Waals surface area contributed by atoms with Gasteiger partial charge in [-0.15, -0.1) is 0 Å². The summed E-state index contributed by atoms with van der Waals surface area (Å²) in [6, 6.07) is 9.08. The topological polar surface area (TPSA) is 63.6 Å². The lowest BCUT2D eigenvalue weighted by molar-refractivity contribution is -0.167. The molecule has 0 fully saturated rings. The predicted molar refractivity (Wildman–Crippen MR) is 62.5 cm³/mol.